The molecule has 0 spiro atoms. The monoisotopic (exact) mass is 376 g/mol. The Balaban J connectivity index is 1.33. The Morgan fingerprint density at radius 3 is 2.89 bits per heavy atom. The van der Waals surface area contributed by atoms with Gasteiger partial charge in [-0.25, -0.2) is 4.98 Å². The number of aromatic amines is 1. The Hall–Kier alpha value is -3.15. The number of likely N-dealkylation sites (tertiary alicyclic amines) is 1. The third-order valence-electron chi connectivity index (χ3n) is 5.34. The van der Waals surface area contributed by atoms with Gasteiger partial charge in [0.2, 0.25) is 11.8 Å². The van der Waals surface area contributed by atoms with Crippen molar-refractivity contribution in [1.82, 2.24) is 14.9 Å². The molecule has 3 aromatic rings. The molecule has 0 aliphatic carbocycles. The molecular formula is C22H24N4O2. The van der Waals surface area contributed by atoms with E-state index in [0.29, 0.717) is 25.2 Å². The molecule has 1 aromatic carbocycles. The maximum atomic E-state index is 12.7. The van der Waals surface area contributed by atoms with Crippen LogP contribution in [0.15, 0.2) is 54.9 Å². The second-order valence-electron chi connectivity index (χ2n) is 7.24. The van der Waals surface area contributed by atoms with Gasteiger partial charge >= 0.3 is 0 Å². The number of pyridine rings is 1. The van der Waals surface area contributed by atoms with Crippen molar-refractivity contribution in [3.8, 4) is 0 Å². The van der Waals surface area contributed by atoms with Gasteiger partial charge < -0.3 is 15.2 Å². The lowest BCUT2D eigenvalue weighted by Crippen LogP contribution is -2.43. The van der Waals surface area contributed by atoms with Crippen LogP contribution in [0.1, 0.15) is 24.8 Å². The normalized spacial score (nSPS) is 16.9. The summed E-state index contributed by atoms with van der Waals surface area (Å²) in [6.07, 6.45) is 6.43. The highest BCUT2D eigenvalue weighted by molar-refractivity contribution is 5.92. The predicted octanol–water partition coefficient (Wildman–Crippen LogP) is 3.37. The van der Waals surface area contributed by atoms with Crippen molar-refractivity contribution in [2.45, 2.75) is 25.7 Å². The zero-order valence-corrected chi connectivity index (χ0v) is 15.7. The summed E-state index contributed by atoms with van der Waals surface area (Å²) in [4.78, 5) is 34.5. The molecule has 0 radical (unpaired) electrons. The lowest BCUT2D eigenvalue weighted by atomic mass is 9.96. The van der Waals surface area contributed by atoms with E-state index < -0.39 is 0 Å². The van der Waals surface area contributed by atoms with Crippen LogP contribution >= 0.6 is 0 Å². The molecule has 0 unspecified atom stereocenters. The van der Waals surface area contributed by atoms with Gasteiger partial charge in [-0.1, -0.05) is 24.3 Å². The zero-order valence-electron chi connectivity index (χ0n) is 15.7. The molecule has 144 valence electrons. The fourth-order valence-corrected chi connectivity index (χ4v) is 3.82. The van der Waals surface area contributed by atoms with Crippen molar-refractivity contribution >= 4 is 28.5 Å². The van der Waals surface area contributed by atoms with Crippen LogP contribution in [-0.4, -0.2) is 39.8 Å². The molecule has 2 N–H and O–H groups in total. The SMILES string of the molecule is O=C(Nc1ccccn1)[C@@H]1CCCN(C(=O)CCc2c[nH]c3ccccc23)C1. The minimum Gasteiger partial charge on any atom is -0.361 e. The highest BCUT2D eigenvalue weighted by Gasteiger charge is 2.28. The number of hydrogen-bond acceptors (Lipinski definition) is 3. The van der Waals surface area contributed by atoms with E-state index in [1.54, 1.807) is 12.3 Å². The number of piperidine rings is 1. The van der Waals surface area contributed by atoms with Gasteiger partial charge in [0, 0.05) is 42.8 Å². The number of H-pyrrole nitrogens is 1. The van der Waals surface area contributed by atoms with Crippen molar-refractivity contribution < 1.29 is 9.59 Å². The molecule has 0 bridgehead atoms. The highest BCUT2D eigenvalue weighted by Crippen LogP contribution is 2.22. The number of benzene rings is 1. The van der Waals surface area contributed by atoms with E-state index in [0.717, 1.165) is 30.5 Å². The van der Waals surface area contributed by atoms with E-state index in [1.165, 1.54) is 5.39 Å². The summed E-state index contributed by atoms with van der Waals surface area (Å²) in [6.45, 7) is 1.20. The second-order valence-corrected chi connectivity index (χ2v) is 7.24. The summed E-state index contributed by atoms with van der Waals surface area (Å²) in [5, 5.41) is 4.02. The van der Waals surface area contributed by atoms with Gasteiger partial charge in [0.15, 0.2) is 0 Å². The lowest BCUT2D eigenvalue weighted by Gasteiger charge is -2.32. The number of nitrogens with one attached hydrogen (secondary N) is 2. The quantitative estimate of drug-likeness (QED) is 0.717. The number of aromatic nitrogens is 2. The van der Waals surface area contributed by atoms with Crippen molar-refractivity contribution in [2.24, 2.45) is 5.92 Å². The lowest BCUT2D eigenvalue weighted by molar-refractivity contribution is -0.134. The smallest absolute Gasteiger partial charge is 0.230 e. The first-order chi connectivity index (χ1) is 13.7. The number of rotatable bonds is 5. The molecule has 0 saturated carbocycles. The average molecular weight is 376 g/mol. The van der Waals surface area contributed by atoms with E-state index in [4.69, 9.17) is 0 Å². The molecule has 1 atom stereocenters. The van der Waals surface area contributed by atoms with Gasteiger partial charge in [-0.05, 0) is 43.0 Å². The third-order valence-corrected chi connectivity index (χ3v) is 5.34. The minimum atomic E-state index is -0.187. The molecule has 2 aromatic heterocycles. The molecule has 1 aliphatic rings. The summed E-state index contributed by atoms with van der Waals surface area (Å²) in [7, 11) is 0. The van der Waals surface area contributed by atoms with Crippen LogP contribution in [0.5, 0.6) is 0 Å². The number of fused-ring (bicyclic) bond motifs is 1. The molecule has 3 heterocycles. The first kappa shape index (κ1) is 18.2. The summed E-state index contributed by atoms with van der Waals surface area (Å²) in [5.41, 5.74) is 2.25. The number of aryl methyl sites for hydroxylation is 1. The van der Waals surface area contributed by atoms with Crippen LogP contribution in [0, 0.1) is 5.92 Å². The molecule has 1 aliphatic heterocycles. The van der Waals surface area contributed by atoms with Crippen LogP contribution in [-0.2, 0) is 16.0 Å². The van der Waals surface area contributed by atoms with Crippen LogP contribution < -0.4 is 5.32 Å². The highest BCUT2D eigenvalue weighted by atomic mass is 16.2. The van der Waals surface area contributed by atoms with Crippen molar-refractivity contribution in [3.05, 3.63) is 60.4 Å². The number of carbonyl (C=O) groups is 2. The summed E-state index contributed by atoms with van der Waals surface area (Å²) in [6, 6.07) is 13.5. The number of carbonyl (C=O) groups excluding carboxylic acids is 2. The number of amides is 2. The first-order valence-electron chi connectivity index (χ1n) is 9.75. The van der Waals surface area contributed by atoms with Gasteiger partial charge in [-0.2, -0.15) is 0 Å². The molecule has 1 fully saturated rings. The minimum absolute atomic E-state index is 0.0622. The van der Waals surface area contributed by atoms with Crippen molar-refractivity contribution in [1.29, 1.82) is 0 Å². The number of nitrogens with zero attached hydrogens (tertiary/aromatic N) is 2. The topological polar surface area (TPSA) is 78.1 Å². The number of anilines is 1. The maximum Gasteiger partial charge on any atom is 0.230 e. The van der Waals surface area contributed by atoms with E-state index >= 15 is 0 Å². The molecule has 4 rings (SSSR count). The van der Waals surface area contributed by atoms with Crippen LogP contribution in [0.4, 0.5) is 5.82 Å². The fraction of sp³-hybridized carbons (Fsp3) is 0.318. The summed E-state index contributed by atoms with van der Waals surface area (Å²) in [5.74, 6) is 0.413. The standard InChI is InChI=1S/C22H24N4O2/c27-21(11-10-16-14-24-19-8-2-1-7-18(16)19)26-13-5-6-17(15-26)22(28)25-20-9-3-4-12-23-20/h1-4,7-9,12,14,17,24H,5-6,10-11,13,15H2,(H,23,25,28)/t17-/m1/s1. The van der Waals surface area contributed by atoms with Gasteiger partial charge in [-0.15, -0.1) is 0 Å². The Labute approximate surface area is 164 Å². The van der Waals surface area contributed by atoms with Crippen LogP contribution in [0.3, 0.4) is 0 Å². The molecular weight excluding hydrogens is 352 g/mol. The van der Waals surface area contributed by atoms with Gasteiger partial charge in [0.25, 0.3) is 0 Å². The third kappa shape index (κ3) is 4.06. The number of hydrogen-bond donors (Lipinski definition) is 2. The van der Waals surface area contributed by atoms with E-state index in [-0.39, 0.29) is 17.7 Å². The van der Waals surface area contributed by atoms with E-state index in [2.05, 4.69) is 21.4 Å². The summed E-state index contributed by atoms with van der Waals surface area (Å²) >= 11 is 0. The van der Waals surface area contributed by atoms with Crippen molar-refractivity contribution in [2.75, 3.05) is 18.4 Å². The maximum absolute atomic E-state index is 12.7. The predicted molar refractivity (Wildman–Crippen MR) is 109 cm³/mol. The van der Waals surface area contributed by atoms with E-state index in [1.807, 2.05) is 41.4 Å². The molecule has 6 nitrogen and oxygen atoms in total. The zero-order chi connectivity index (χ0) is 19.3. The van der Waals surface area contributed by atoms with Gasteiger partial charge in [-0.3, -0.25) is 9.59 Å². The Bertz CT molecular complexity index is 967. The first-order valence-corrected chi connectivity index (χ1v) is 9.75. The van der Waals surface area contributed by atoms with E-state index in [9.17, 15) is 9.59 Å². The molecule has 2 amide bonds. The van der Waals surface area contributed by atoms with Crippen molar-refractivity contribution in [3.63, 3.8) is 0 Å². The fourth-order valence-electron chi connectivity index (χ4n) is 3.82. The Morgan fingerprint density at radius 2 is 2.04 bits per heavy atom. The van der Waals surface area contributed by atoms with Crippen LogP contribution in [0.2, 0.25) is 0 Å². The van der Waals surface area contributed by atoms with Gasteiger partial charge in [0.1, 0.15) is 5.82 Å². The molecule has 28 heavy (non-hydrogen) atoms. The number of para-hydroxylation sites is 1. The largest absolute Gasteiger partial charge is 0.361 e. The second kappa shape index (κ2) is 8.25. The van der Waals surface area contributed by atoms with Gasteiger partial charge in [0.05, 0.1) is 5.92 Å². The Morgan fingerprint density at radius 1 is 1.18 bits per heavy atom. The molecule has 6 heteroatoms. The summed E-state index contributed by atoms with van der Waals surface area (Å²) < 4.78 is 0. The molecule has 1 saturated heterocycles. The Kier molecular flexibility index (Phi) is 5.37. The van der Waals surface area contributed by atoms with Crippen LogP contribution in [0.25, 0.3) is 10.9 Å². The average Bonchev–Trinajstić information content (AvgIpc) is 3.16.